The lowest BCUT2D eigenvalue weighted by Gasteiger charge is -2.12. The Hall–Kier alpha value is -3.10. The number of carbonyl (C=O) groups excluding carboxylic acids is 1. The number of hydrogen-bond donors (Lipinski definition) is 0. The van der Waals surface area contributed by atoms with Crippen LogP contribution in [0.15, 0.2) is 41.2 Å². The van der Waals surface area contributed by atoms with E-state index >= 15 is 0 Å². The molecule has 0 radical (unpaired) electrons. The van der Waals surface area contributed by atoms with E-state index in [1.54, 1.807) is 29.5 Å². The molecule has 0 bridgehead atoms. The van der Waals surface area contributed by atoms with Crippen LogP contribution in [-0.2, 0) is 9.53 Å². The summed E-state index contributed by atoms with van der Waals surface area (Å²) in [5, 5.41) is 0.254. The smallest absolute Gasteiger partial charge is 0.344 e. The predicted molar refractivity (Wildman–Crippen MR) is 116 cm³/mol. The summed E-state index contributed by atoms with van der Waals surface area (Å²) in [6, 6.07) is 10.8. The lowest BCUT2D eigenvalue weighted by Crippen LogP contribution is -2.22. The number of benzene rings is 2. The minimum atomic E-state index is -0.503. The number of fused-ring (bicyclic) bond motifs is 3. The summed E-state index contributed by atoms with van der Waals surface area (Å²) in [5.41, 5.74) is 2.06. The van der Waals surface area contributed by atoms with Crippen LogP contribution in [0, 0.1) is 0 Å². The Kier molecular flexibility index (Phi) is 5.61. The Labute approximate surface area is 180 Å². The fourth-order valence-electron chi connectivity index (χ4n) is 3.06. The summed E-state index contributed by atoms with van der Waals surface area (Å²) < 4.78 is 17.8. The first-order valence-electron chi connectivity index (χ1n) is 9.09. The summed E-state index contributed by atoms with van der Waals surface area (Å²) in [6.07, 6.45) is 1.72. The highest BCUT2D eigenvalue weighted by Crippen LogP contribution is 2.36. The van der Waals surface area contributed by atoms with Crippen LogP contribution in [0.2, 0.25) is 5.02 Å². The van der Waals surface area contributed by atoms with Gasteiger partial charge in [0.15, 0.2) is 23.1 Å². The van der Waals surface area contributed by atoms with Gasteiger partial charge in [0.1, 0.15) is 0 Å². The van der Waals surface area contributed by atoms with Crippen LogP contribution in [0.3, 0.4) is 0 Å². The second kappa shape index (κ2) is 8.33. The van der Waals surface area contributed by atoms with Crippen molar-refractivity contribution in [3.8, 4) is 11.5 Å². The van der Waals surface area contributed by atoms with Gasteiger partial charge in [-0.15, -0.1) is 0 Å². The highest BCUT2D eigenvalue weighted by atomic mass is 35.5. The summed E-state index contributed by atoms with van der Waals surface area (Å²) in [4.78, 5) is 29.6. The van der Waals surface area contributed by atoms with Gasteiger partial charge in [-0.1, -0.05) is 35.1 Å². The van der Waals surface area contributed by atoms with Crippen molar-refractivity contribution >= 4 is 51.0 Å². The second-order valence-electron chi connectivity index (χ2n) is 6.26. The molecule has 154 valence electrons. The van der Waals surface area contributed by atoms with E-state index in [-0.39, 0.29) is 29.5 Å². The van der Waals surface area contributed by atoms with Crippen LogP contribution in [0.5, 0.6) is 11.5 Å². The van der Waals surface area contributed by atoms with E-state index in [2.05, 4.69) is 4.98 Å². The molecule has 0 N–H and O–H groups in total. The molecule has 0 spiro atoms. The Morgan fingerprint density at radius 2 is 2.10 bits per heavy atom. The molecule has 4 rings (SSSR count). The number of methoxy groups -OCH3 is 1. The minimum Gasteiger partial charge on any atom is -0.493 e. The highest BCUT2D eigenvalue weighted by molar-refractivity contribution is 7.15. The van der Waals surface area contributed by atoms with E-state index in [9.17, 15) is 9.59 Å². The molecule has 2 aromatic carbocycles. The highest BCUT2D eigenvalue weighted by Gasteiger charge is 2.15. The molecule has 2 aromatic heterocycles. The summed E-state index contributed by atoms with van der Waals surface area (Å²) in [5.74, 6) is 0.0763. The number of nitrogens with zero attached hydrogens (tertiary/aromatic N) is 2. The zero-order valence-electron chi connectivity index (χ0n) is 16.2. The number of halogens is 1. The molecule has 2 heterocycles. The number of aromatic nitrogens is 2. The predicted octanol–water partition coefficient (Wildman–Crippen LogP) is 3.06. The second-order valence-corrected chi connectivity index (χ2v) is 7.68. The van der Waals surface area contributed by atoms with Crippen LogP contribution in [0.25, 0.3) is 22.1 Å². The molecule has 0 saturated heterocycles. The number of imidazole rings is 1. The van der Waals surface area contributed by atoms with Gasteiger partial charge in [-0.2, -0.15) is 0 Å². The molecule has 0 fully saturated rings. The van der Waals surface area contributed by atoms with Crippen molar-refractivity contribution in [3.05, 3.63) is 61.9 Å². The van der Waals surface area contributed by atoms with Gasteiger partial charge in [0, 0.05) is 0 Å². The van der Waals surface area contributed by atoms with E-state index in [1.165, 1.54) is 18.4 Å². The number of hydrogen-bond acceptors (Lipinski definition) is 7. The molecule has 0 atom stereocenters. The Balaban J connectivity index is 1.73. The Bertz CT molecular complexity index is 1360. The third-order valence-electron chi connectivity index (χ3n) is 4.33. The molecule has 0 aliphatic rings. The number of thiazole rings is 1. The van der Waals surface area contributed by atoms with Gasteiger partial charge in [0.25, 0.3) is 5.56 Å². The van der Waals surface area contributed by atoms with E-state index in [0.29, 0.717) is 20.8 Å². The number of para-hydroxylation sites is 2. The zero-order chi connectivity index (χ0) is 21.3. The number of rotatable bonds is 6. The molecular formula is C21H17ClN2O5S. The lowest BCUT2D eigenvalue weighted by molar-refractivity contribution is -0.145. The van der Waals surface area contributed by atoms with Crippen molar-refractivity contribution in [1.82, 2.24) is 9.38 Å². The Morgan fingerprint density at radius 1 is 1.30 bits per heavy atom. The van der Waals surface area contributed by atoms with Gasteiger partial charge >= 0.3 is 5.97 Å². The molecule has 0 unspecified atom stereocenters. The maximum absolute atomic E-state index is 12.9. The van der Waals surface area contributed by atoms with Crippen molar-refractivity contribution in [1.29, 1.82) is 0 Å². The van der Waals surface area contributed by atoms with Crippen LogP contribution in [0.1, 0.15) is 12.5 Å². The molecule has 0 saturated carbocycles. The van der Waals surface area contributed by atoms with E-state index in [4.69, 9.17) is 25.8 Å². The number of ether oxygens (including phenoxy) is 3. The van der Waals surface area contributed by atoms with Gasteiger partial charge in [0.2, 0.25) is 0 Å². The number of carbonyl (C=O) groups is 1. The summed E-state index contributed by atoms with van der Waals surface area (Å²) in [6.45, 7) is 1.69. The minimum absolute atomic E-state index is 0.151. The van der Waals surface area contributed by atoms with Gasteiger partial charge in [0.05, 0.1) is 34.3 Å². The number of esters is 1. The van der Waals surface area contributed by atoms with E-state index in [1.807, 2.05) is 24.3 Å². The molecule has 7 nitrogen and oxygen atoms in total. The molecule has 0 aliphatic heterocycles. The van der Waals surface area contributed by atoms with Gasteiger partial charge in [-0.05, 0) is 42.8 Å². The van der Waals surface area contributed by atoms with Crippen molar-refractivity contribution in [3.63, 3.8) is 0 Å². The van der Waals surface area contributed by atoms with Crippen molar-refractivity contribution < 1.29 is 19.0 Å². The van der Waals surface area contributed by atoms with E-state index < -0.39 is 5.97 Å². The van der Waals surface area contributed by atoms with Crippen LogP contribution in [-0.4, -0.2) is 35.7 Å². The average molecular weight is 445 g/mol. The van der Waals surface area contributed by atoms with Crippen molar-refractivity contribution in [2.45, 2.75) is 6.92 Å². The van der Waals surface area contributed by atoms with Gasteiger partial charge in [-0.3, -0.25) is 4.79 Å². The first kappa shape index (κ1) is 20.2. The topological polar surface area (TPSA) is 79.1 Å². The van der Waals surface area contributed by atoms with Crippen LogP contribution >= 0.6 is 22.9 Å². The molecule has 0 amide bonds. The first-order valence-corrected chi connectivity index (χ1v) is 10.3. The standard InChI is InChI=1S/C21H17ClN2O5S/c1-3-28-18(25)11-29-19-13(22)8-12(9-16(19)27-2)10-17-20(26)24-15-7-5-4-6-14(15)23-21(24)30-17/h4-10H,3,11H2,1-2H3/b17-10+. The zero-order valence-corrected chi connectivity index (χ0v) is 17.7. The van der Waals surface area contributed by atoms with E-state index in [0.717, 1.165) is 11.0 Å². The molecular weight excluding hydrogens is 428 g/mol. The maximum atomic E-state index is 12.9. The van der Waals surface area contributed by atoms with Crippen LogP contribution < -0.4 is 19.6 Å². The quantitative estimate of drug-likeness (QED) is 0.425. The fourth-order valence-corrected chi connectivity index (χ4v) is 4.32. The monoisotopic (exact) mass is 444 g/mol. The van der Waals surface area contributed by atoms with Gasteiger partial charge < -0.3 is 14.2 Å². The average Bonchev–Trinajstić information content (AvgIpc) is 3.23. The molecule has 4 aromatic rings. The van der Waals surface area contributed by atoms with Crippen molar-refractivity contribution in [2.24, 2.45) is 0 Å². The third kappa shape index (κ3) is 3.71. The van der Waals surface area contributed by atoms with Crippen molar-refractivity contribution in [2.75, 3.05) is 20.3 Å². The summed E-state index contributed by atoms with van der Waals surface area (Å²) >= 11 is 7.64. The SMILES string of the molecule is CCOC(=O)COc1c(Cl)cc(/C=c2/sc3nc4ccccc4n3c2=O)cc1OC. The largest absolute Gasteiger partial charge is 0.493 e. The fraction of sp³-hybridized carbons (Fsp3) is 0.190. The Morgan fingerprint density at radius 3 is 2.87 bits per heavy atom. The molecule has 0 aliphatic carbocycles. The maximum Gasteiger partial charge on any atom is 0.344 e. The normalized spacial score (nSPS) is 11.9. The van der Waals surface area contributed by atoms with Gasteiger partial charge in [-0.25, -0.2) is 14.2 Å². The lowest BCUT2D eigenvalue weighted by atomic mass is 10.2. The molecule has 30 heavy (non-hydrogen) atoms. The third-order valence-corrected chi connectivity index (χ3v) is 5.58. The summed E-state index contributed by atoms with van der Waals surface area (Å²) in [7, 11) is 1.47. The first-order chi connectivity index (χ1) is 14.5. The van der Waals surface area contributed by atoms with Crippen LogP contribution in [0.4, 0.5) is 0 Å². The molecule has 9 heteroatoms.